The average Bonchev–Trinajstić information content (AvgIpc) is 4.12. The van der Waals surface area contributed by atoms with Crippen molar-refractivity contribution in [2.45, 2.75) is 5.60 Å². The molecule has 8 bridgehead atoms. The zero-order chi connectivity index (χ0) is 39.1. The maximum Gasteiger partial charge on any atom is 0.172 e. The molecule has 1 aromatic heterocycles. The van der Waals surface area contributed by atoms with E-state index in [-0.39, 0.29) is 0 Å². The molecule has 0 spiro atoms. The minimum atomic E-state index is -1.69. The van der Waals surface area contributed by atoms with Crippen molar-refractivity contribution in [2.24, 2.45) is 15.0 Å². The number of ether oxygens (including phenoxy) is 4. The highest BCUT2D eigenvalue weighted by Crippen LogP contribution is 2.41. The van der Waals surface area contributed by atoms with Crippen LogP contribution in [0.25, 0.3) is 16.7 Å². The van der Waals surface area contributed by atoms with Gasteiger partial charge in [0.25, 0.3) is 0 Å². The number of H-pyrrole nitrogens is 1. The first kappa shape index (κ1) is 35.5. The number of allylic oxidation sites excluding steroid dienone is 7. The molecule has 0 amide bonds. The third kappa shape index (κ3) is 6.24. The highest BCUT2D eigenvalue weighted by molar-refractivity contribution is 6.36. The average molecular weight is 751 g/mol. The van der Waals surface area contributed by atoms with Crippen molar-refractivity contribution in [1.82, 2.24) is 4.98 Å². The van der Waals surface area contributed by atoms with Crippen LogP contribution in [0.1, 0.15) is 33.6 Å². The predicted molar refractivity (Wildman–Crippen MR) is 225 cm³/mol. The van der Waals surface area contributed by atoms with Gasteiger partial charge >= 0.3 is 0 Å². The summed E-state index contributed by atoms with van der Waals surface area (Å²) in [5, 5.41) is 13.1. The maximum atomic E-state index is 13.1. The van der Waals surface area contributed by atoms with Crippen LogP contribution in [0.5, 0.6) is 23.0 Å². The number of aliphatic hydroxyl groups is 1. The number of nitrogens with one attached hydrogen (secondary N) is 1. The second-order valence-corrected chi connectivity index (χ2v) is 13.7. The molecule has 2 N–H and O–H groups in total. The minimum Gasteiger partial charge on any atom is -0.497 e. The Morgan fingerprint density at radius 1 is 0.439 bits per heavy atom. The molecule has 0 saturated heterocycles. The zero-order valence-electron chi connectivity index (χ0n) is 31.8. The highest BCUT2D eigenvalue weighted by Gasteiger charge is 2.40. The number of hydrogen-bond donors (Lipinski definition) is 2. The molecule has 1 unspecified atom stereocenters. The highest BCUT2D eigenvalue weighted by atomic mass is 16.5. The van der Waals surface area contributed by atoms with E-state index in [1.54, 1.807) is 28.4 Å². The van der Waals surface area contributed by atoms with Gasteiger partial charge in [-0.2, -0.15) is 0 Å². The molecule has 4 aromatic carbocycles. The molecule has 57 heavy (non-hydrogen) atoms. The van der Waals surface area contributed by atoms with Gasteiger partial charge in [-0.25, -0.2) is 15.0 Å². The Bertz CT molecular complexity index is 2690. The molecule has 5 heterocycles. The molecule has 4 aliphatic rings. The molecular weight excluding hydrogens is 713 g/mol. The maximum absolute atomic E-state index is 13.1. The van der Waals surface area contributed by atoms with E-state index >= 15 is 0 Å². The molecule has 0 radical (unpaired) electrons. The molecule has 5 aromatic rings. The van der Waals surface area contributed by atoms with Crippen LogP contribution in [-0.2, 0) is 5.60 Å². The fourth-order valence-electron chi connectivity index (χ4n) is 7.58. The first-order chi connectivity index (χ1) is 27.9. The Balaban J connectivity index is 1.35. The molecule has 0 aliphatic carbocycles. The summed E-state index contributed by atoms with van der Waals surface area (Å²) in [6.07, 6.45) is 11.9. The van der Waals surface area contributed by atoms with Gasteiger partial charge in [0.15, 0.2) is 5.60 Å². The lowest BCUT2D eigenvalue weighted by atomic mass is 9.85. The van der Waals surface area contributed by atoms with Crippen LogP contribution in [0.15, 0.2) is 178 Å². The van der Waals surface area contributed by atoms with Gasteiger partial charge in [0.1, 0.15) is 23.0 Å². The van der Waals surface area contributed by atoms with E-state index in [1.807, 2.05) is 146 Å². The van der Waals surface area contributed by atoms with Crippen LogP contribution >= 0.6 is 0 Å². The van der Waals surface area contributed by atoms with Crippen LogP contribution in [0.3, 0.4) is 0 Å². The normalized spacial score (nSPS) is 22.0. The summed E-state index contributed by atoms with van der Waals surface area (Å²) in [7, 11) is 6.57. The van der Waals surface area contributed by atoms with E-state index in [4.69, 9.17) is 33.9 Å². The predicted octanol–water partition coefficient (Wildman–Crippen LogP) is 8.91. The number of rotatable bonds is 8. The van der Waals surface area contributed by atoms with Gasteiger partial charge < -0.3 is 29.0 Å². The van der Waals surface area contributed by atoms with Gasteiger partial charge in [-0.3, -0.25) is 0 Å². The zero-order valence-corrected chi connectivity index (χ0v) is 31.8. The van der Waals surface area contributed by atoms with E-state index in [0.717, 1.165) is 73.5 Å². The minimum absolute atomic E-state index is 0.436. The fraction of sp³-hybridized carbons (Fsp3) is 0.104. The number of methoxy groups -OCH3 is 4. The Kier molecular flexibility index (Phi) is 8.99. The summed E-state index contributed by atoms with van der Waals surface area (Å²) in [5.41, 5.74) is 9.47. The van der Waals surface area contributed by atoms with Crippen LogP contribution in [0.4, 0.5) is 0 Å². The first-order valence-corrected chi connectivity index (χ1v) is 18.4. The monoisotopic (exact) mass is 750 g/mol. The number of fused-ring (bicyclic) bond motifs is 5. The number of aliphatic imine (C=N–C) groups is 3. The number of aromatic amines is 1. The molecule has 9 rings (SSSR count). The Hall–Kier alpha value is -7.23. The number of aromatic nitrogens is 1. The lowest BCUT2D eigenvalue weighted by molar-refractivity contribution is 0.152. The van der Waals surface area contributed by atoms with Gasteiger partial charge in [0.05, 0.1) is 68.4 Å². The van der Waals surface area contributed by atoms with Crippen molar-refractivity contribution >= 4 is 33.9 Å². The topological polar surface area (TPSA) is 110 Å². The van der Waals surface area contributed by atoms with Crippen molar-refractivity contribution in [2.75, 3.05) is 28.4 Å². The van der Waals surface area contributed by atoms with E-state index in [2.05, 4.69) is 4.98 Å². The van der Waals surface area contributed by atoms with E-state index < -0.39 is 5.60 Å². The van der Waals surface area contributed by atoms with Crippen LogP contribution in [0.2, 0.25) is 0 Å². The van der Waals surface area contributed by atoms with E-state index in [1.165, 1.54) is 0 Å². The van der Waals surface area contributed by atoms with Crippen molar-refractivity contribution in [3.8, 4) is 23.0 Å². The standard InChI is InChI=1S/C48H38N4O5/c1-54-33-13-5-29(6-14-33)45-37-21-23-39(49-37)46(30-7-15-34(55-2)16-8-30)41-25-27-43(51-41)48(53,32-11-19-36(57-4)20-12-32)44-28-26-42(52-44)47(40-24-22-38(45)50-40)31-9-17-35(56-3)18-10-31/h5-28,51,53H,1-4H3/b45-38-,46-39-,47-42-. The summed E-state index contributed by atoms with van der Waals surface area (Å²) in [5.74, 6) is 2.89. The van der Waals surface area contributed by atoms with Gasteiger partial charge in [-0.15, -0.1) is 0 Å². The third-order valence-electron chi connectivity index (χ3n) is 10.6. The smallest absolute Gasteiger partial charge is 0.172 e. The second-order valence-electron chi connectivity index (χ2n) is 13.7. The summed E-state index contributed by atoms with van der Waals surface area (Å²) in [6.45, 7) is 0. The van der Waals surface area contributed by atoms with Crippen molar-refractivity contribution in [3.05, 3.63) is 196 Å². The van der Waals surface area contributed by atoms with Crippen molar-refractivity contribution in [1.29, 1.82) is 0 Å². The van der Waals surface area contributed by atoms with E-state index in [0.29, 0.717) is 34.1 Å². The van der Waals surface area contributed by atoms with Gasteiger partial charge in [0.2, 0.25) is 0 Å². The number of hydrogen-bond acceptors (Lipinski definition) is 8. The third-order valence-corrected chi connectivity index (χ3v) is 10.6. The number of benzene rings is 4. The lowest BCUT2D eigenvalue weighted by Crippen LogP contribution is -2.36. The largest absolute Gasteiger partial charge is 0.497 e. The van der Waals surface area contributed by atoms with Gasteiger partial charge in [0, 0.05) is 22.4 Å². The Morgan fingerprint density at radius 2 is 0.842 bits per heavy atom. The molecule has 1 atom stereocenters. The van der Waals surface area contributed by atoms with Crippen LogP contribution in [0, 0.1) is 0 Å². The second kappa shape index (κ2) is 14.4. The molecule has 280 valence electrons. The first-order valence-electron chi connectivity index (χ1n) is 18.4. The quantitative estimate of drug-likeness (QED) is 0.165. The van der Waals surface area contributed by atoms with Crippen molar-refractivity contribution in [3.63, 3.8) is 0 Å². The Labute approximate surface area is 330 Å². The molecular formula is C48H38N4O5. The van der Waals surface area contributed by atoms with E-state index in [9.17, 15) is 5.11 Å². The molecule has 4 aliphatic heterocycles. The number of nitrogens with zero attached hydrogens (tertiary/aromatic N) is 3. The van der Waals surface area contributed by atoms with Crippen LogP contribution in [-0.4, -0.2) is 55.7 Å². The molecule has 9 nitrogen and oxygen atoms in total. The molecule has 0 saturated carbocycles. The summed E-state index contributed by atoms with van der Waals surface area (Å²) in [6, 6.07) is 35.0. The van der Waals surface area contributed by atoms with Gasteiger partial charge in [-0.05, 0) is 119 Å². The van der Waals surface area contributed by atoms with Crippen LogP contribution < -0.4 is 18.9 Å². The Morgan fingerprint density at radius 3 is 1.32 bits per heavy atom. The lowest BCUT2D eigenvalue weighted by Gasteiger charge is -2.28. The van der Waals surface area contributed by atoms with Gasteiger partial charge in [-0.1, -0.05) is 48.5 Å². The SMILES string of the molecule is COc1ccc(/C2=C3\C=CC(=N3)/C(c3ccc(OC)cc3)=C3/C=CC(=N3)C(O)(c3ccc(OC)cc3)c3ccc([nH]3)/C(c3ccc(OC)cc3)=C3/C=CC2=N3)cc1. The summed E-state index contributed by atoms with van der Waals surface area (Å²) >= 11 is 0. The summed E-state index contributed by atoms with van der Waals surface area (Å²) < 4.78 is 22.0. The molecule has 9 heteroatoms. The molecule has 0 fully saturated rings. The fourth-order valence-corrected chi connectivity index (χ4v) is 7.58. The summed E-state index contributed by atoms with van der Waals surface area (Å²) in [4.78, 5) is 19.5. The van der Waals surface area contributed by atoms with Crippen molar-refractivity contribution < 1.29 is 24.1 Å².